The summed E-state index contributed by atoms with van der Waals surface area (Å²) in [6, 6.07) is 0. The molecule has 1 aliphatic rings. The fourth-order valence-corrected chi connectivity index (χ4v) is 1.05. The number of halogens is 1. The predicted octanol–water partition coefficient (Wildman–Crippen LogP) is 1.09. The van der Waals surface area contributed by atoms with E-state index in [4.69, 9.17) is 4.74 Å². The van der Waals surface area contributed by atoms with Crippen LogP contribution in [0.15, 0.2) is 0 Å². The van der Waals surface area contributed by atoms with Gasteiger partial charge in [-0.15, -0.1) is 0 Å². The van der Waals surface area contributed by atoms with Crippen molar-refractivity contribution in [1.82, 2.24) is 0 Å². The highest BCUT2D eigenvalue weighted by Gasteiger charge is 2.26. The summed E-state index contributed by atoms with van der Waals surface area (Å²) in [7, 11) is 0. The maximum absolute atomic E-state index is 12.0. The Balaban J connectivity index is 2.45. The fourth-order valence-electron chi connectivity index (χ4n) is 1.05. The highest BCUT2D eigenvalue weighted by atomic mass is 19.1. The number of ether oxygens (including phenoxy) is 1. The third-order valence-electron chi connectivity index (χ3n) is 1.69. The van der Waals surface area contributed by atoms with Gasteiger partial charge in [-0.1, -0.05) is 0 Å². The number of Topliss-reactive ketones (excluding diaryl/α,β-unsaturated/α-hetero) is 1. The maximum Gasteiger partial charge on any atom is 0.164 e. The minimum absolute atomic E-state index is 0.0402. The van der Waals surface area contributed by atoms with Gasteiger partial charge in [-0.3, -0.25) is 4.79 Å². The van der Waals surface area contributed by atoms with Crippen molar-refractivity contribution in [2.24, 2.45) is 0 Å². The van der Waals surface area contributed by atoms with Crippen LogP contribution in [0, 0.1) is 0 Å². The predicted molar refractivity (Wildman–Crippen MR) is 34.6 cm³/mol. The van der Waals surface area contributed by atoms with Gasteiger partial charge in [0.25, 0.3) is 0 Å². The van der Waals surface area contributed by atoms with Gasteiger partial charge in [-0.05, 0) is 13.3 Å². The van der Waals surface area contributed by atoms with Crippen molar-refractivity contribution in [1.29, 1.82) is 0 Å². The molecular weight excluding hydrogens is 135 g/mol. The molecule has 1 rings (SSSR count). The zero-order chi connectivity index (χ0) is 7.56. The van der Waals surface area contributed by atoms with Crippen LogP contribution < -0.4 is 0 Å². The van der Waals surface area contributed by atoms with Crippen molar-refractivity contribution in [2.45, 2.75) is 32.0 Å². The van der Waals surface area contributed by atoms with E-state index in [0.29, 0.717) is 6.42 Å². The lowest BCUT2D eigenvalue weighted by molar-refractivity contribution is -0.142. The van der Waals surface area contributed by atoms with Crippen LogP contribution in [0.5, 0.6) is 0 Å². The molecular formula is C7H11FO2. The van der Waals surface area contributed by atoms with E-state index in [-0.39, 0.29) is 11.9 Å². The number of rotatable bonds is 1. The molecule has 1 fully saturated rings. The molecule has 58 valence electrons. The third-order valence-corrected chi connectivity index (χ3v) is 1.69. The summed E-state index contributed by atoms with van der Waals surface area (Å²) < 4.78 is 17.0. The van der Waals surface area contributed by atoms with Crippen LogP contribution in [-0.2, 0) is 9.53 Å². The molecule has 1 saturated heterocycles. The van der Waals surface area contributed by atoms with Crippen molar-refractivity contribution < 1.29 is 13.9 Å². The van der Waals surface area contributed by atoms with E-state index in [1.807, 2.05) is 6.92 Å². The highest BCUT2D eigenvalue weighted by Crippen LogP contribution is 2.15. The second kappa shape index (κ2) is 3.10. The fraction of sp³-hybridized carbons (Fsp3) is 0.857. The average Bonchev–Trinajstić information content (AvgIpc) is 1.94. The van der Waals surface area contributed by atoms with Gasteiger partial charge in [-0.2, -0.15) is 0 Å². The van der Waals surface area contributed by atoms with E-state index in [2.05, 4.69) is 0 Å². The van der Waals surface area contributed by atoms with E-state index in [9.17, 15) is 9.18 Å². The molecule has 0 aromatic rings. The molecule has 0 aromatic heterocycles. The van der Waals surface area contributed by atoms with Gasteiger partial charge in [0.2, 0.25) is 0 Å². The largest absolute Gasteiger partial charge is 0.365 e. The third kappa shape index (κ3) is 1.53. The Morgan fingerprint density at radius 1 is 1.80 bits per heavy atom. The first kappa shape index (κ1) is 7.66. The van der Waals surface area contributed by atoms with Gasteiger partial charge < -0.3 is 4.74 Å². The number of hydrogen-bond acceptors (Lipinski definition) is 2. The molecule has 0 aliphatic carbocycles. The maximum atomic E-state index is 12.0. The van der Waals surface area contributed by atoms with Gasteiger partial charge in [0.05, 0.1) is 6.10 Å². The number of ketones is 1. The summed E-state index contributed by atoms with van der Waals surface area (Å²) in [5, 5.41) is 0. The minimum Gasteiger partial charge on any atom is -0.365 e. The van der Waals surface area contributed by atoms with E-state index in [0.717, 1.165) is 6.42 Å². The summed E-state index contributed by atoms with van der Waals surface area (Å²) in [5.41, 5.74) is 0. The molecule has 1 aliphatic heterocycles. The summed E-state index contributed by atoms with van der Waals surface area (Å²) >= 11 is 0. The smallest absolute Gasteiger partial charge is 0.164 e. The van der Waals surface area contributed by atoms with E-state index in [1.165, 1.54) is 0 Å². The molecule has 2 unspecified atom stereocenters. The first-order valence-electron chi connectivity index (χ1n) is 3.48. The molecule has 10 heavy (non-hydrogen) atoms. The molecule has 0 spiro atoms. The van der Waals surface area contributed by atoms with E-state index >= 15 is 0 Å². The van der Waals surface area contributed by atoms with Crippen molar-refractivity contribution in [3.63, 3.8) is 0 Å². The molecule has 2 atom stereocenters. The van der Waals surface area contributed by atoms with Crippen LogP contribution in [0.3, 0.4) is 0 Å². The summed E-state index contributed by atoms with van der Waals surface area (Å²) in [4.78, 5) is 10.8. The van der Waals surface area contributed by atoms with Crippen molar-refractivity contribution in [3.05, 3.63) is 0 Å². The molecule has 3 heteroatoms. The number of alkyl halides is 1. The molecule has 0 amide bonds. The number of hydrogen-bond donors (Lipinski definition) is 0. The van der Waals surface area contributed by atoms with Crippen molar-refractivity contribution in [3.8, 4) is 0 Å². The zero-order valence-corrected chi connectivity index (χ0v) is 5.97. The van der Waals surface area contributed by atoms with Gasteiger partial charge in [0, 0.05) is 6.42 Å². The van der Waals surface area contributed by atoms with E-state index in [1.54, 1.807) is 0 Å². The lowest BCUT2D eigenvalue weighted by atomic mass is 10.0. The average molecular weight is 146 g/mol. The van der Waals surface area contributed by atoms with Crippen LogP contribution in [0.2, 0.25) is 0 Å². The van der Waals surface area contributed by atoms with Crippen LogP contribution in [0.1, 0.15) is 19.8 Å². The Hall–Kier alpha value is -0.440. The zero-order valence-electron chi connectivity index (χ0n) is 5.97. The summed E-state index contributed by atoms with van der Waals surface area (Å²) in [6.45, 7) is 1.18. The molecule has 2 nitrogen and oxygen atoms in total. The molecule has 0 radical (unpaired) electrons. The quantitative estimate of drug-likeness (QED) is 0.553. The Labute approximate surface area is 59.4 Å². The Morgan fingerprint density at radius 2 is 2.50 bits per heavy atom. The van der Waals surface area contributed by atoms with Crippen LogP contribution in [-0.4, -0.2) is 24.7 Å². The standard InChI is InChI=1S/C7H11FO2/c1-5-2-3-6(9)7(4-8)10-5/h5,7H,2-4H2,1H3. The van der Waals surface area contributed by atoms with Crippen LogP contribution in [0.25, 0.3) is 0 Å². The molecule has 0 aromatic carbocycles. The molecule has 0 bridgehead atoms. The first-order valence-corrected chi connectivity index (χ1v) is 3.48. The molecule has 0 N–H and O–H groups in total. The Bertz CT molecular complexity index is 136. The molecule has 1 heterocycles. The van der Waals surface area contributed by atoms with Gasteiger partial charge >= 0.3 is 0 Å². The topological polar surface area (TPSA) is 26.3 Å². The summed E-state index contributed by atoms with van der Waals surface area (Å²) in [5.74, 6) is -0.0967. The Kier molecular flexibility index (Phi) is 2.38. The lowest BCUT2D eigenvalue weighted by Crippen LogP contribution is -2.35. The first-order chi connectivity index (χ1) is 4.74. The second-order valence-corrected chi connectivity index (χ2v) is 2.59. The van der Waals surface area contributed by atoms with Gasteiger partial charge in [0.1, 0.15) is 12.8 Å². The highest BCUT2D eigenvalue weighted by molar-refractivity contribution is 5.83. The SMILES string of the molecule is CC1CCC(=O)C(CF)O1. The van der Waals surface area contributed by atoms with Gasteiger partial charge in [-0.25, -0.2) is 4.39 Å². The van der Waals surface area contributed by atoms with Crippen molar-refractivity contribution in [2.75, 3.05) is 6.67 Å². The van der Waals surface area contributed by atoms with Crippen LogP contribution in [0.4, 0.5) is 4.39 Å². The second-order valence-electron chi connectivity index (χ2n) is 2.59. The van der Waals surface area contributed by atoms with E-state index < -0.39 is 12.8 Å². The van der Waals surface area contributed by atoms with Gasteiger partial charge in [0.15, 0.2) is 5.78 Å². The number of carbonyl (C=O) groups is 1. The lowest BCUT2D eigenvalue weighted by Gasteiger charge is -2.24. The minimum atomic E-state index is -0.774. The van der Waals surface area contributed by atoms with Crippen molar-refractivity contribution >= 4 is 5.78 Å². The normalized spacial score (nSPS) is 34.4. The number of carbonyl (C=O) groups excluding carboxylic acids is 1. The summed E-state index contributed by atoms with van der Waals surface area (Å²) in [6.07, 6.45) is 0.465. The van der Waals surface area contributed by atoms with Crippen LogP contribution >= 0.6 is 0 Å². The monoisotopic (exact) mass is 146 g/mol. The molecule has 0 saturated carbocycles. The Morgan fingerprint density at radius 3 is 3.00 bits per heavy atom.